The Labute approximate surface area is 191 Å². The van der Waals surface area contributed by atoms with Crippen molar-refractivity contribution in [2.75, 3.05) is 0 Å². The molecule has 0 aliphatic heterocycles. The molecule has 0 saturated carbocycles. The number of carbonyl (C=O) groups is 3. The van der Waals surface area contributed by atoms with E-state index in [-0.39, 0.29) is 23.6 Å². The SMILES string of the molecule is NC(=O)C(=O)C(Cc1cccs1)NC(=O)c1cccnc1-n1ccc(-c2ccc(F)cc2)n1. The van der Waals surface area contributed by atoms with Crippen LogP contribution in [0, 0.1) is 5.82 Å². The number of amides is 2. The lowest BCUT2D eigenvalue weighted by molar-refractivity contribution is -0.137. The zero-order valence-corrected chi connectivity index (χ0v) is 18.0. The van der Waals surface area contributed by atoms with E-state index in [2.05, 4.69) is 15.4 Å². The normalized spacial score (nSPS) is 11.7. The molecule has 166 valence electrons. The molecular weight excluding hydrogens is 445 g/mol. The first-order valence-corrected chi connectivity index (χ1v) is 10.7. The number of nitrogens with one attached hydrogen (secondary N) is 1. The Bertz CT molecular complexity index is 1300. The molecule has 3 aromatic heterocycles. The summed E-state index contributed by atoms with van der Waals surface area (Å²) in [6, 6.07) is 13.2. The molecule has 4 aromatic rings. The average Bonchev–Trinajstić information content (AvgIpc) is 3.51. The van der Waals surface area contributed by atoms with Crippen molar-refractivity contribution in [3.8, 4) is 17.1 Å². The summed E-state index contributed by atoms with van der Waals surface area (Å²) in [5, 5.41) is 8.87. The van der Waals surface area contributed by atoms with Gasteiger partial charge in [0, 0.05) is 29.3 Å². The first kappa shape index (κ1) is 22.0. The molecule has 4 rings (SSSR count). The third-order valence-electron chi connectivity index (χ3n) is 4.83. The minimum Gasteiger partial charge on any atom is -0.363 e. The Hall–Kier alpha value is -4.18. The number of primary amides is 1. The van der Waals surface area contributed by atoms with E-state index in [0.717, 1.165) is 4.88 Å². The van der Waals surface area contributed by atoms with Crippen LogP contribution in [0.25, 0.3) is 17.1 Å². The molecule has 0 spiro atoms. The molecule has 3 heterocycles. The number of hydrogen-bond acceptors (Lipinski definition) is 6. The van der Waals surface area contributed by atoms with Gasteiger partial charge in [-0.15, -0.1) is 11.3 Å². The van der Waals surface area contributed by atoms with Crippen molar-refractivity contribution in [1.29, 1.82) is 0 Å². The summed E-state index contributed by atoms with van der Waals surface area (Å²) in [5.41, 5.74) is 6.59. The fraction of sp³-hybridized carbons (Fsp3) is 0.0870. The van der Waals surface area contributed by atoms with Gasteiger partial charge in [0.2, 0.25) is 5.78 Å². The topological polar surface area (TPSA) is 120 Å². The molecular formula is C23H18FN5O3S. The van der Waals surface area contributed by atoms with Crippen LogP contribution in [0.4, 0.5) is 4.39 Å². The van der Waals surface area contributed by atoms with Crippen molar-refractivity contribution in [3.63, 3.8) is 0 Å². The molecule has 8 nitrogen and oxygen atoms in total. The fourth-order valence-corrected chi connectivity index (χ4v) is 3.97. The smallest absolute Gasteiger partial charge is 0.287 e. The minimum absolute atomic E-state index is 0.136. The van der Waals surface area contributed by atoms with Crippen molar-refractivity contribution in [3.05, 3.63) is 88.6 Å². The van der Waals surface area contributed by atoms with Crippen LogP contribution in [-0.2, 0) is 16.0 Å². The molecule has 0 fully saturated rings. The predicted octanol–water partition coefficient (Wildman–Crippen LogP) is 2.53. The number of pyridine rings is 1. The van der Waals surface area contributed by atoms with E-state index in [4.69, 9.17) is 5.73 Å². The number of benzene rings is 1. The van der Waals surface area contributed by atoms with E-state index in [1.54, 1.807) is 36.5 Å². The maximum absolute atomic E-state index is 13.2. The average molecular weight is 463 g/mol. The van der Waals surface area contributed by atoms with E-state index in [0.29, 0.717) is 11.3 Å². The lowest BCUT2D eigenvalue weighted by Gasteiger charge is -2.16. The zero-order chi connectivity index (χ0) is 23.4. The number of halogens is 1. The Morgan fingerprint density at radius 1 is 1.09 bits per heavy atom. The molecule has 0 radical (unpaired) electrons. The quantitative estimate of drug-likeness (QED) is 0.389. The number of aromatic nitrogens is 3. The van der Waals surface area contributed by atoms with Gasteiger partial charge in [0.05, 0.1) is 11.3 Å². The summed E-state index contributed by atoms with van der Waals surface area (Å²) in [7, 11) is 0. The van der Waals surface area contributed by atoms with Crippen LogP contribution in [0.5, 0.6) is 0 Å². The van der Waals surface area contributed by atoms with Crippen LogP contribution in [-0.4, -0.2) is 38.4 Å². The monoisotopic (exact) mass is 463 g/mol. The summed E-state index contributed by atoms with van der Waals surface area (Å²) in [4.78, 5) is 42.0. The second-order valence-corrected chi connectivity index (χ2v) is 8.10. The van der Waals surface area contributed by atoms with E-state index < -0.39 is 23.6 Å². The van der Waals surface area contributed by atoms with E-state index in [1.165, 1.54) is 40.4 Å². The molecule has 1 unspecified atom stereocenters. The molecule has 0 bridgehead atoms. The van der Waals surface area contributed by atoms with Gasteiger partial charge < -0.3 is 11.1 Å². The third-order valence-corrected chi connectivity index (χ3v) is 5.73. The van der Waals surface area contributed by atoms with Gasteiger partial charge in [-0.3, -0.25) is 14.4 Å². The third kappa shape index (κ3) is 5.01. The van der Waals surface area contributed by atoms with E-state index >= 15 is 0 Å². The first-order valence-electron chi connectivity index (χ1n) is 9.86. The van der Waals surface area contributed by atoms with Gasteiger partial charge in [0.25, 0.3) is 11.8 Å². The molecule has 0 aliphatic rings. The lowest BCUT2D eigenvalue weighted by atomic mass is 10.1. The van der Waals surface area contributed by atoms with Crippen molar-refractivity contribution >= 4 is 28.9 Å². The summed E-state index contributed by atoms with van der Waals surface area (Å²) in [5.74, 6) is -2.75. The van der Waals surface area contributed by atoms with Gasteiger partial charge in [0.1, 0.15) is 11.9 Å². The molecule has 0 saturated heterocycles. The van der Waals surface area contributed by atoms with Gasteiger partial charge in [-0.05, 0) is 53.9 Å². The van der Waals surface area contributed by atoms with Gasteiger partial charge in [-0.1, -0.05) is 6.07 Å². The van der Waals surface area contributed by atoms with Crippen LogP contribution in [0.1, 0.15) is 15.2 Å². The maximum Gasteiger partial charge on any atom is 0.287 e. The van der Waals surface area contributed by atoms with Crippen LogP contribution in [0.15, 0.2) is 72.4 Å². The number of nitrogens with zero attached hydrogens (tertiary/aromatic N) is 3. The summed E-state index contributed by atoms with van der Waals surface area (Å²) in [6.45, 7) is 0. The molecule has 3 N–H and O–H groups in total. The van der Waals surface area contributed by atoms with Crippen LogP contribution in [0.3, 0.4) is 0 Å². The van der Waals surface area contributed by atoms with Gasteiger partial charge >= 0.3 is 0 Å². The standard InChI is InChI=1S/C23H18FN5O3S/c24-15-7-5-14(6-8-15)18-9-11-29(28-18)22-17(4-1-10-26-22)23(32)27-19(20(30)21(25)31)13-16-3-2-12-33-16/h1-12,19H,13H2,(H2,25,31)(H,27,32). The Kier molecular flexibility index (Phi) is 6.36. The first-order chi connectivity index (χ1) is 15.9. The highest BCUT2D eigenvalue weighted by Crippen LogP contribution is 2.20. The van der Waals surface area contributed by atoms with Gasteiger partial charge in [-0.25, -0.2) is 14.1 Å². The van der Waals surface area contributed by atoms with E-state index in [9.17, 15) is 18.8 Å². The summed E-state index contributed by atoms with van der Waals surface area (Å²) < 4.78 is 14.6. The highest BCUT2D eigenvalue weighted by Gasteiger charge is 2.27. The predicted molar refractivity (Wildman–Crippen MR) is 120 cm³/mol. The number of thiophene rings is 1. The molecule has 33 heavy (non-hydrogen) atoms. The van der Waals surface area contributed by atoms with Crippen LogP contribution in [0.2, 0.25) is 0 Å². The number of nitrogens with two attached hydrogens (primary N) is 1. The maximum atomic E-state index is 13.2. The summed E-state index contributed by atoms with van der Waals surface area (Å²) in [6.07, 6.45) is 3.26. The second-order valence-electron chi connectivity index (χ2n) is 7.07. The fourth-order valence-electron chi connectivity index (χ4n) is 3.22. The van der Waals surface area contributed by atoms with Gasteiger partial charge in [0.15, 0.2) is 5.82 Å². The molecule has 1 aromatic carbocycles. The molecule has 0 aliphatic carbocycles. The molecule has 1 atom stereocenters. The zero-order valence-electron chi connectivity index (χ0n) is 17.1. The lowest BCUT2D eigenvalue weighted by Crippen LogP contribution is -2.47. The van der Waals surface area contributed by atoms with Crippen molar-refractivity contribution in [1.82, 2.24) is 20.1 Å². The van der Waals surface area contributed by atoms with Crippen molar-refractivity contribution in [2.45, 2.75) is 12.5 Å². The Balaban J connectivity index is 1.61. The van der Waals surface area contributed by atoms with Crippen molar-refractivity contribution in [2.24, 2.45) is 5.73 Å². The number of hydrogen-bond donors (Lipinski definition) is 2. The Morgan fingerprint density at radius 2 is 1.88 bits per heavy atom. The highest BCUT2D eigenvalue weighted by atomic mass is 32.1. The summed E-state index contributed by atoms with van der Waals surface area (Å²) >= 11 is 1.40. The number of ketones is 1. The highest BCUT2D eigenvalue weighted by molar-refractivity contribution is 7.09. The number of Topliss-reactive ketones (excluding diaryl/α,β-unsaturated/α-hetero) is 1. The van der Waals surface area contributed by atoms with E-state index in [1.807, 2.05) is 11.4 Å². The molecule has 2 amide bonds. The number of carbonyl (C=O) groups excluding carboxylic acids is 3. The number of rotatable bonds is 8. The Morgan fingerprint density at radius 3 is 2.58 bits per heavy atom. The van der Waals surface area contributed by atoms with Crippen molar-refractivity contribution < 1.29 is 18.8 Å². The largest absolute Gasteiger partial charge is 0.363 e. The minimum atomic E-state index is -1.13. The second kappa shape index (κ2) is 9.53. The molecule has 10 heteroatoms. The van der Waals surface area contributed by atoms with Crippen LogP contribution >= 0.6 is 11.3 Å². The van der Waals surface area contributed by atoms with Crippen LogP contribution < -0.4 is 11.1 Å². The van der Waals surface area contributed by atoms with Gasteiger partial charge in [-0.2, -0.15) is 5.10 Å².